The molecule has 0 heterocycles. The Labute approximate surface area is 237 Å². The monoisotopic (exact) mass is 556 g/mol. The molecular weight excluding hydrogens is 512 g/mol. The van der Waals surface area contributed by atoms with E-state index in [1.165, 1.54) is 7.11 Å². The van der Waals surface area contributed by atoms with Crippen molar-refractivity contribution in [3.8, 4) is 0 Å². The molecule has 2 aromatic rings. The maximum atomic E-state index is 13.4. The normalized spacial score (nSPS) is 14.0. The van der Waals surface area contributed by atoms with Crippen LogP contribution in [0.3, 0.4) is 0 Å². The van der Waals surface area contributed by atoms with Crippen molar-refractivity contribution in [3.05, 3.63) is 71.8 Å². The van der Waals surface area contributed by atoms with E-state index in [4.69, 9.17) is 9.47 Å². The number of nitrogens with one attached hydrogen (secondary N) is 3. The van der Waals surface area contributed by atoms with E-state index in [1.54, 1.807) is 25.8 Å². The fourth-order valence-corrected chi connectivity index (χ4v) is 3.99. The molecule has 40 heavy (non-hydrogen) atoms. The molecular formula is C30H44N4O6. The minimum atomic E-state index is -1.10. The van der Waals surface area contributed by atoms with Crippen LogP contribution >= 0.6 is 0 Å². The molecule has 0 aliphatic rings. The molecule has 0 aliphatic heterocycles. The van der Waals surface area contributed by atoms with Crippen LogP contribution in [-0.4, -0.2) is 65.7 Å². The molecule has 10 heteroatoms. The molecule has 0 aromatic heterocycles. The van der Waals surface area contributed by atoms with Gasteiger partial charge in [0.25, 0.3) is 5.91 Å². The SMILES string of the molecule is COC(=O)N[C@H](C(=O)NN(Cc1ccccc1)C[C@H](O)[C@H](Cc1ccccc1)NC(=O)OC(C)(C)C)C(C)(C)C. The number of aliphatic hydroxyl groups excluding tert-OH is 1. The van der Waals surface area contributed by atoms with E-state index < -0.39 is 47.3 Å². The van der Waals surface area contributed by atoms with E-state index in [0.717, 1.165) is 11.1 Å². The number of carbonyl (C=O) groups excluding carboxylic acids is 3. The average Bonchev–Trinajstić information content (AvgIpc) is 2.86. The van der Waals surface area contributed by atoms with Crippen LogP contribution in [-0.2, 0) is 27.2 Å². The number of rotatable bonds is 11. The first-order valence-corrected chi connectivity index (χ1v) is 13.3. The predicted octanol–water partition coefficient (Wildman–Crippen LogP) is 3.79. The molecule has 0 bridgehead atoms. The Morgan fingerprint density at radius 2 is 1.40 bits per heavy atom. The molecule has 3 amide bonds. The average molecular weight is 557 g/mol. The first-order chi connectivity index (χ1) is 18.7. The maximum Gasteiger partial charge on any atom is 0.407 e. The number of amides is 3. The first-order valence-electron chi connectivity index (χ1n) is 13.3. The quantitative estimate of drug-likeness (QED) is 0.310. The Kier molecular flexibility index (Phi) is 11.9. The predicted molar refractivity (Wildman–Crippen MR) is 153 cm³/mol. The van der Waals surface area contributed by atoms with Crippen LogP contribution < -0.4 is 16.1 Å². The van der Waals surface area contributed by atoms with Crippen LogP contribution in [0, 0.1) is 5.41 Å². The van der Waals surface area contributed by atoms with Gasteiger partial charge in [0.05, 0.1) is 19.3 Å². The van der Waals surface area contributed by atoms with Gasteiger partial charge in [-0.05, 0) is 43.7 Å². The molecule has 0 radical (unpaired) electrons. The van der Waals surface area contributed by atoms with Crippen LogP contribution in [0.4, 0.5) is 9.59 Å². The number of aliphatic hydroxyl groups is 1. The Balaban J connectivity index is 2.31. The summed E-state index contributed by atoms with van der Waals surface area (Å²) >= 11 is 0. The molecule has 0 unspecified atom stereocenters. The van der Waals surface area contributed by atoms with Gasteiger partial charge in [-0.25, -0.2) is 14.6 Å². The zero-order chi connectivity index (χ0) is 29.9. The van der Waals surface area contributed by atoms with E-state index >= 15 is 0 Å². The van der Waals surface area contributed by atoms with Gasteiger partial charge in [0, 0.05) is 13.1 Å². The number of nitrogens with zero attached hydrogens (tertiary/aromatic N) is 1. The molecule has 3 atom stereocenters. The van der Waals surface area contributed by atoms with Gasteiger partial charge in [-0.2, -0.15) is 0 Å². The molecule has 0 saturated heterocycles. The van der Waals surface area contributed by atoms with Crippen LogP contribution in [0.2, 0.25) is 0 Å². The summed E-state index contributed by atoms with van der Waals surface area (Å²) in [7, 11) is 1.23. The van der Waals surface area contributed by atoms with Crippen molar-refractivity contribution in [2.45, 2.75) is 78.3 Å². The molecule has 0 saturated carbocycles. The van der Waals surface area contributed by atoms with Gasteiger partial charge in [0.1, 0.15) is 11.6 Å². The summed E-state index contributed by atoms with van der Waals surface area (Å²) in [6, 6.07) is 17.3. The zero-order valence-corrected chi connectivity index (χ0v) is 24.6. The van der Waals surface area contributed by atoms with Crippen molar-refractivity contribution >= 4 is 18.1 Å². The molecule has 10 nitrogen and oxygen atoms in total. The summed E-state index contributed by atoms with van der Waals surface area (Å²) in [5.74, 6) is -0.472. The largest absolute Gasteiger partial charge is 0.453 e. The van der Waals surface area contributed by atoms with Crippen molar-refractivity contribution in [1.82, 2.24) is 21.1 Å². The molecule has 2 rings (SSSR count). The van der Waals surface area contributed by atoms with Crippen molar-refractivity contribution in [2.75, 3.05) is 13.7 Å². The number of ether oxygens (including phenoxy) is 2. The smallest absolute Gasteiger partial charge is 0.407 e. The first kappa shape index (κ1) is 32.6. The Bertz CT molecular complexity index is 1080. The van der Waals surface area contributed by atoms with Crippen molar-refractivity contribution in [3.63, 3.8) is 0 Å². The fourth-order valence-electron chi connectivity index (χ4n) is 3.99. The number of hydrazine groups is 1. The summed E-state index contributed by atoms with van der Waals surface area (Å²) in [4.78, 5) is 38.1. The molecule has 0 fully saturated rings. The Hall–Kier alpha value is -3.63. The lowest BCUT2D eigenvalue weighted by Gasteiger charge is -2.34. The lowest BCUT2D eigenvalue weighted by atomic mass is 9.86. The third-order valence-corrected chi connectivity index (χ3v) is 5.93. The molecule has 0 aliphatic carbocycles. The highest BCUT2D eigenvalue weighted by molar-refractivity contribution is 5.86. The Morgan fingerprint density at radius 1 is 0.850 bits per heavy atom. The van der Waals surface area contributed by atoms with E-state index in [9.17, 15) is 19.5 Å². The number of alkyl carbamates (subject to hydrolysis) is 2. The van der Waals surface area contributed by atoms with Crippen molar-refractivity contribution < 1.29 is 29.0 Å². The third-order valence-electron chi connectivity index (χ3n) is 5.93. The number of carbonyl (C=O) groups is 3. The summed E-state index contributed by atoms with van der Waals surface area (Å²) in [5, 5.41) is 18.4. The highest BCUT2D eigenvalue weighted by Gasteiger charge is 2.35. The number of benzene rings is 2. The second kappa shape index (κ2) is 14.7. The minimum Gasteiger partial charge on any atom is -0.453 e. The van der Waals surface area contributed by atoms with E-state index in [0.29, 0.717) is 6.42 Å². The maximum absolute atomic E-state index is 13.4. The summed E-state index contributed by atoms with van der Waals surface area (Å²) in [6.07, 6.45) is -2.14. The van der Waals surface area contributed by atoms with Crippen LogP contribution in [0.15, 0.2) is 60.7 Å². The minimum absolute atomic E-state index is 0.0248. The van der Waals surface area contributed by atoms with Crippen molar-refractivity contribution in [1.29, 1.82) is 0 Å². The fraction of sp³-hybridized carbons (Fsp3) is 0.500. The third kappa shape index (κ3) is 11.6. The number of methoxy groups -OCH3 is 1. The van der Waals surface area contributed by atoms with E-state index in [1.807, 2.05) is 81.4 Å². The van der Waals surface area contributed by atoms with Crippen LogP contribution in [0.5, 0.6) is 0 Å². The summed E-state index contributed by atoms with van der Waals surface area (Å²) in [5.41, 5.74) is 3.32. The van der Waals surface area contributed by atoms with Gasteiger partial charge in [-0.3, -0.25) is 10.2 Å². The number of hydrogen-bond donors (Lipinski definition) is 4. The van der Waals surface area contributed by atoms with Gasteiger partial charge in [0.2, 0.25) is 0 Å². The van der Waals surface area contributed by atoms with Crippen molar-refractivity contribution in [2.24, 2.45) is 5.41 Å². The second-order valence-corrected chi connectivity index (χ2v) is 11.8. The van der Waals surface area contributed by atoms with Crippen LogP contribution in [0.25, 0.3) is 0 Å². The van der Waals surface area contributed by atoms with Crippen LogP contribution in [0.1, 0.15) is 52.7 Å². The van der Waals surface area contributed by atoms with Gasteiger partial charge in [-0.15, -0.1) is 0 Å². The van der Waals surface area contributed by atoms with Gasteiger partial charge in [-0.1, -0.05) is 81.4 Å². The zero-order valence-electron chi connectivity index (χ0n) is 24.6. The van der Waals surface area contributed by atoms with Gasteiger partial charge >= 0.3 is 12.2 Å². The summed E-state index contributed by atoms with van der Waals surface area (Å²) < 4.78 is 10.2. The lowest BCUT2D eigenvalue weighted by molar-refractivity contribution is -0.131. The summed E-state index contributed by atoms with van der Waals surface area (Å²) in [6.45, 7) is 11.0. The highest BCUT2D eigenvalue weighted by atomic mass is 16.6. The topological polar surface area (TPSA) is 129 Å². The molecule has 220 valence electrons. The van der Waals surface area contributed by atoms with Gasteiger partial charge < -0.3 is 25.2 Å². The lowest BCUT2D eigenvalue weighted by Crippen LogP contribution is -2.59. The van der Waals surface area contributed by atoms with E-state index in [-0.39, 0.29) is 13.1 Å². The molecule has 2 aromatic carbocycles. The standard InChI is InChI=1S/C30H44N4O6/c1-29(2,3)25(32-27(37)39-7)26(36)33-34(19-22-16-12-9-13-17-22)20-24(35)23(18-21-14-10-8-11-15-21)31-28(38)40-30(4,5)6/h8-17,23-25,35H,18-20H2,1-7H3,(H,31,38)(H,32,37)(H,33,36)/t23-,24-,25+/m0/s1. The second-order valence-electron chi connectivity index (χ2n) is 11.8. The molecule has 4 N–H and O–H groups in total. The molecule has 0 spiro atoms. The van der Waals surface area contributed by atoms with E-state index in [2.05, 4.69) is 16.1 Å². The highest BCUT2D eigenvalue weighted by Crippen LogP contribution is 2.20. The number of hydrogen-bond acceptors (Lipinski definition) is 7. The van der Waals surface area contributed by atoms with Gasteiger partial charge in [0.15, 0.2) is 0 Å². The Morgan fingerprint density at radius 3 is 1.90 bits per heavy atom.